The van der Waals surface area contributed by atoms with Crippen LogP contribution in [0.2, 0.25) is 0 Å². The molecule has 2 aliphatic heterocycles. The largest absolute Gasteiger partial charge is 0.469 e. The van der Waals surface area contributed by atoms with E-state index in [1.165, 1.54) is 0 Å². The maximum atomic E-state index is 12.6. The van der Waals surface area contributed by atoms with Crippen LogP contribution in [0.1, 0.15) is 31.2 Å². The molecule has 204 valence electrons. The molecule has 3 aliphatic rings. The van der Waals surface area contributed by atoms with Gasteiger partial charge >= 0.3 is 6.09 Å². The zero-order valence-electron chi connectivity index (χ0n) is 22.0. The molecule has 1 aliphatic carbocycles. The summed E-state index contributed by atoms with van der Waals surface area (Å²) in [7, 11) is 0. The minimum atomic E-state index is -0.301. The van der Waals surface area contributed by atoms with Gasteiger partial charge in [0.15, 0.2) is 6.29 Å². The molecule has 39 heavy (non-hydrogen) atoms. The topological polar surface area (TPSA) is 86.3 Å². The van der Waals surface area contributed by atoms with Gasteiger partial charge in [-0.25, -0.2) is 9.78 Å². The van der Waals surface area contributed by atoms with Crippen molar-refractivity contribution in [2.75, 3.05) is 37.7 Å². The van der Waals surface area contributed by atoms with Crippen LogP contribution in [-0.2, 0) is 20.8 Å². The molecule has 2 fully saturated rings. The van der Waals surface area contributed by atoms with E-state index in [1.807, 2.05) is 60.7 Å². The van der Waals surface area contributed by atoms with Gasteiger partial charge in [0.25, 0.3) is 0 Å². The Labute approximate surface area is 228 Å². The Morgan fingerprint density at radius 2 is 1.72 bits per heavy atom. The summed E-state index contributed by atoms with van der Waals surface area (Å²) in [4.78, 5) is 26.1. The maximum Gasteiger partial charge on any atom is 0.410 e. The minimum Gasteiger partial charge on any atom is -0.469 e. The smallest absolute Gasteiger partial charge is 0.410 e. The highest BCUT2D eigenvalue weighted by Gasteiger charge is 2.28. The lowest BCUT2D eigenvalue weighted by molar-refractivity contribution is -0.179. The predicted octanol–water partition coefficient (Wildman–Crippen LogP) is 4.71. The maximum absolute atomic E-state index is 12.6. The summed E-state index contributed by atoms with van der Waals surface area (Å²) >= 11 is 0. The molecule has 1 amide bonds. The molecule has 1 unspecified atom stereocenters. The van der Waals surface area contributed by atoms with Crippen LogP contribution >= 0.6 is 0 Å². The average Bonchev–Trinajstić information content (AvgIpc) is 3.43. The van der Waals surface area contributed by atoms with Crippen molar-refractivity contribution in [1.29, 1.82) is 0 Å². The number of benzene rings is 2. The summed E-state index contributed by atoms with van der Waals surface area (Å²) in [5.41, 5.74) is 1.80. The van der Waals surface area contributed by atoms with Gasteiger partial charge in [0, 0.05) is 39.2 Å². The van der Waals surface area contributed by atoms with E-state index < -0.39 is 0 Å². The van der Waals surface area contributed by atoms with E-state index in [0.717, 1.165) is 48.8 Å². The number of hydrogen-bond acceptors (Lipinski definition) is 8. The molecule has 2 saturated heterocycles. The molecule has 3 atom stereocenters. The molecule has 3 heterocycles. The number of nitrogens with zero attached hydrogens (tertiary/aromatic N) is 4. The number of piperazine rings is 1. The molecular weight excluding hydrogens is 496 g/mol. The van der Waals surface area contributed by atoms with Gasteiger partial charge in [-0.15, -0.1) is 0 Å². The normalized spacial score (nSPS) is 23.2. The molecule has 6 rings (SSSR count). The SMILES string of the molecule is O=C(OCc1ccccc1)N1CCN(c2nc(O[C@H]3C=C[C@@H](OC4CCCCO4)C3)c3ccccc3n2)CC1. The van der Waals surface area contributed by atoms with Gasteiger partial charge in [-0.3, -0.25) is 0 Å². The Hall–Kier alpha value is -3.69. The van der Waals surface area contributed by atoms with Crippen LogP contribution in [0.3, 0.4) is 0 Å². The van der Waals surface area contributed by atoms with E-state index in [4.69, 9.17) is 28.9 Å². The molecule has 1 aromatic heterocycles. The fourth-order valence-electron chi connectivity index (χ4n) is 5.15. The Kier molecular flexibility index (Phi) is 7.87. The molecule has 0 N–H and O–H groups in total. The second kappa shape index (κ2) is 12.0. The molecule has 2 aromatic carbocycles. The van der Waals surface area contributed by atoms with Crippen LogP contribution < -0.4 is 9.64 Å². The first-order valence-corrected chi connectivity index (χ1v) is 13.8. The zero-order chi connectivity index (χ0) is 26.4. The van der Waals surface area contributed by atoms with E-state index in [0.29, 0.717) is 38.0 Å². The van der Waals surface area contributed by atoms with Gasteiger partial charge in [-0.2, -0.15) is 4.98 Å². The first-order chi connectivity index (χ1) is 19.2. The number of rotatable bonds is 7. The fraction of sp³-hybridized carbons (Fsp3) is 0.433. The van der Waals surface area contributed by atoms with Crippen molar-refractivity contribution >= 4 is 22.9 Å². The van der Waals surface area contributed by atoms with Crippen LogP contribution in [0, 0.1) is 0 Å². The number of carbonyl (C=O) groups is 1. The lowest BCUT2D eigenvalue weighted by Crippen LogP contribution is -2.49. The van der Waals surface area contributed by atoms with Crippen LogP contribution in [0.25, 0.3) is 10.9 Å². The Morgan fingerprint density at radius 3 is 2.54 bits per heavy atom. The van der Waals surface area contributed by atoms with Crippen molar-refractivity contribution in [3.8, 4) is 5.88 Å². The Balaban J connectivity index is 1.08. The van der Waals surface area contributed by atoms with Crippen LogP contribution in [0.5, 0.6) is 5.88 Å². The number of para-hydroxylation sites is 1. The quantitative estimate of drug-likeness (QED) is 0.406. The first-order valence-electron chi connectivity index (χ1n) is 13.8. The highest BCUT2D eigenvalue weighted by Crippen LogP contribution is 2.30. The number of hydrogen-bond donors (Lipinski definition) is 0. The zero-order valence-corrected chi connectivity index (χ0v) is 22.0. The van der Waals surface area contributed by atoms with Gasteiger partial charge in [0.05, 0.1) is 17.0 Å². The van der Waals surface area contributed by atoms with Gasteiger partial charge in [-0.05, 0) is 43.0 Å². The van der Waals surface area contributed by atoms with Crippen LogP contribution in [0.15, 0.2) is 66.7 Å². The van der Waals surface area contributed by atoms with E-state index in [2.05, 4.69) is 11.0 Å². The first kappa shape index (κ1) is 25.6. The highest BCUT2D eigenvalue weighted by molar-refractivity contribution is 5.84. The minimum absolute atomic E-state index is 0.0274. The second-order valence-corrected chi connectivity index (χ2v) is 10.1. The number of carbonyl (C=O) groups excluding carboxylic acids is 1. The van der Waals surface area contributed by atoms with Crippen LogP contribution in [0.4, 0.5) is 10.7 Å². The highest BCUT2D eigenvalue weighted by atomic mass is 16.7. The predicted molar refractivity (Wildman–Crippen MR) is 147 cm³/mol. The van der Waals surface area contributed by atoms with E-state index in [9.17, 15) is 4.79 Å². The number of amides is 1. The van der Waals surface area contributed by atoms with Crippen LogP contribution in [-0.4, -0.2) is 72.2 Å². The third-order valence-electron chi connectivity index (χ3n) is 7.31. The molecule has 9 nitrogen and oxygen atoms in total. The average molecular weight is 531 g/mol. The number of ether oxygens (including phenoxy) is 4. The Bertz CT molecular complexity index is 1290. The van der Waals surface area contributed by atoms with Crippen molar-refractivity contribution in [3.05, 3.63) is 72.3 Å². The third kappa shape index (κ3) is 6.32. The summed E-state index contributed by atoms with van der Waals surface area (Å²) in [5, 5.41) is 0.873. The molecule has 9 heteroatoms. The van der Waals surface area contributed by atoms with Gasteiger partial charge < -0.3 is 28.7 Å². The monoisotopic (exact) mass is 530 g/mol. The number of fused-ring (bicyclic) bond motifs is 1. The summed E-state index contributed by atoms with van der Waals surface area (Å²) in [6.07, 6.45) is 7.40. The Morgan fingerprint density at radius 1 is 0.923 bits per heavy atom. The summed E-state index contributed by atoms with van der Waals surface area (Å²) in [5.74, 6) is 1.16. The van der Waals surface area contributed by atoms with Crippen molar-refractivity contribution in [2.45, 2.75) is 50.8 Å². The standard InChI is InChI=1S/C30H34N4O5/c35-30(37-21-22-8-2-1-3-9-22)34-17-15-33(16-18-34)29-31-26-11-5-4-10-25(26)28(32-29)39-24-14-13-23(20-24)38-27-12-6-7-19-36-27/h1-5,8-11,13-14,23-24,27H,6-7,12,15-21H2/t23-,24+,27?/m1/s1. The van der Waals surface area contributed by atoms with Crippen molar-refractivity contribution < 1.29 is 23.7 Å². The fourth-order valence-corrected chi connectivity index (χ4v) is 5.15. The third-order valence-corrected chi connectivity index (χ3v) is 7.31. The van der Waals surface area contributed by atoms with Gasteiger partial charge in [0.2, 0.25) is 11.8 Å². The molecule has 0 spiro atoms. The summed E-state index contributed by atoms with van der Waals surface area (Å²) in [6, 6.07) is 17.6. The summed E-state index contributed by atoms with van der Waals surface area (Å²) in [6.45, 7) is 3.32. The van der Waals surface area contributed by atoms with Crippen molar-refractivity contribution in [2.24, 2.45) is 0 Å². The molecule has 0 bridgehead atoms. The summed E-state index contributed by atoms with van der Waals surface area (Å²) < 4.78 is 23.8. The lowest BCUT2D eigenvalue weighted by Gasteiger charge is -2.34. The molecule has 3 aromatic rings. The van der Waals surface area contributed by atoms with E-state index in [-0.39, 0.29) is 31.2 Å². The number of aromatic nitrogens is 2. The molecule has 0 radical (unpaired) electrons. The number of anilines is 1. The van der Waals surface area contributed by atoms with E-state index >= 15 is 0 Å². The van der Waals surface area contributed by atoms with Gasteiger partial charge in [0.1, 0.15) is 12.7 Å². The van der Waals surface area contributed by atoms with E-state index in [1.54, 1.807) is 4.90 Å². The van der Waals surface area contributed by atoms with Crippen molar-refractivity contribution in [3.63, 3.8) is 0 Å². The second-order valence-electron chi connectivity index (χ2n) is 10.1. The van der Waals surface area contributed by atoms with Crippen molar-refractivity contribution in [1.82, 2.24) is 14.9 Å². The lowest BCUT2D eigenvalue weighted by atomic mass is 10.2. The molecule has 0 saturated carbocycles. The molecular formula is C30H34N4O5. The van der Waals surface area contributed by atoms with Gasteiger partial charge in [-0.1, -0.05) is 48.5 Å².